The zero-order valence-electron chi connectivity index (χ0n) is 14.5. The molecule has 1 aliphatic heterocycles. The summed E-state index contributed by atoms with van der Waals surface area (Å²) in [5.74, 6) is -0.0877. The number of carbonyl (C=O) groups excluding carboxylic acids is 1. The predicted octanol–water partition coefficient (Wildman–Crippen LogP) is 2.84. The molecule has 8 heteroatoms. The molecule has 0 spiro atoms. The summed E-state index contributed by atoms with van der Waals surface area (Å²) in [6, 6.07) is 12.6. The Balaban J connectivity index is 1.67. The van der Waals surface area contributed by atoms with Crippen molar-refractivity contribution in [2.24, 2.45) is 11.7 Å². The first-order valence-electron chi connectivity index (χ1n) is 8.57. The van der Waals surface area contributed by atoms with Gasteiger partial charge in [0.15, 0.2) is 6.61 Å². The Hall–Kier alpha value is -2.61. The first kappa shape index (κ1) is 19.2. The average Bonchev–Trinajstić information content (AvgIpc) is 3.11. The third-order valence-electron chi connectivity index (χ3n) is 4.63. The van der Waals surface area contributed by atoms with Gasteiger partial charge in [-0.2, -0.15) is 13.2 Å². The molecule has 2 heterocycles. The molecule has 2 atom stereocenters. The second kappa shape index (κ2) is 7.96. The topological polar surface area (TPSA) is 68.5 Å². The SMILES string of the molecule is NC[C@@H]1CN(C(=O)c2ccc(OCC(F)(F)F)nc2)C[C@H]1c1ccccc1. The molecule has 0 bridgehead atoms. The van der Waals surface area contributed by atoms with Gasteiger partial charge in [0.1, 0.15) is 0 Å². The van der Waals surface area contributed by atoms with E-state index in [1.807, 2.05) is 30.3 Å². The molecule has 0 unspecified atom stereocenters. The lowest BCUT2D eigenvalue weighted by Crippen LogP contribution is -2.30. The summed E-state index contributed by atoms with van der Waals surface area (Å²) in [6.45, 7) is 0.112. The number of halogens is 3. The van der Waals surface area contributed by atoms with E-state index >= 15 is 0 Å². The summed E-state index contributed by atoms with van der Waals surface area (Å²) in [6.07, 6.45) is -3.20. The number of likely N-dealkylation sites (tertiary alicyclic amines) is 1. The van der Waals surface area contributed by atoms with Crippen molar-refractivity contribution < 1.29 is 22.7 Å². The fourth-order valence-electron chi connectivity index (χ4n) is 3.28. The molecular formula is C19H20F3N3O2. The number of rotatable bonds is 5. The molecule has 0 saturated carbocycles. The van der Waals surface area contributed by atoms with Crippen molar-refractivity contribution in [1.29, 1.82) is 0 Å². The third kappa shape index (κ3) is 4.77. The Kier molecular flexibility index (Phi) is 5.65. The maximum Gasteiger partial charge on any atom is 0.422 e. The van der Waals surface area contributed by atoms with Gasteiger partial charge in [-0.3, -0.25) is 4.79 Å². The van der Waals surface area contributed by atoms with Crippen LogP contribution in [0.3, 0.4) is 0 Å². The van der Waals surface area contributed by atoms with Crippen LogP contribution in [-0.4, -0.2) is 48.2 Å². The fraction of sp³-hybridized carbons (Fsp3) is 0.368. The van der Waals surface area contributed by atoms with Crippen LogP contribution in [-0.2, 0) is 0 Å². The first-order chi connectivity index (χ1) is 12.9. The van der Waals surface area contributed by atoms with E-state index in [9.17, 15) is 18.0 Å². The van der Waals surface area contributed by atoms with Crippen molar-refractivity contribution in [3.8, 4) is 5.88 Å². The van der Waals surface area contributed by atoms with Gasteiger partial charge in [-0.25, -0.2) is 4.98 Å². The standard InChI is InChI=1S/C19H20F3N3O2/c20-19(21,22)12-27-17-7-6-14(9-24-17)18(26)25-10-15(8-23)16(11-25)13-4-2-1-3-5-13/h1-7,9,15-16H,8,10-12,23H2/t15-,16+/m1/s1. The van der Waals surface area contributed by atoms with Gasteiger partial charge in [0.2, 0.25) is 5.88 Å². The van der Waals surface area contributed by atoms with Crippen LogP contribution in [0.5, 0.6) is 5.88 Å². The van der Waals surface area contributed by atoms with Crippen molar-refractivity contribution in [3.05, 3.63) is 59.8 Å². The van der Waals surface area contributed by atoms with E-state index in [0.717, 1.165) is 5.56 Å². The molecule has 3 rings (SSSR count). The quantitative estimate of drug-likeness (QED) is 0.868. The highest BCUT2D eigenvalue weighted by Gasteiger charge is 2.35. The van der Waals surface area contributed by atoms with Crippen LogP contribution in [0, 0.1) is 5.92 Å². The van der Waals surface area contributed by atoms with Gasteiger partial charge in [0, 0.05) is 31.3 Å². The van der Waals surface area contributed by atoms with E-state index in [1.165, 1.54) is 18.3 Å². The van der Waals surface area contributed by atoms with Gasteiger partial charge in [-0.1, -0.05) is 30.3 Å². The lowest BCUT2D eigenvalue weighted by atomic mass is 9.89. The second-order valence-corrected chi connectivity index (χ2v) is 6.51. The summed E-state index contributed by atoms with van der Waals surface area (Å²) in [5, 5.41) is 0. The van der Waals surface area contributed by atoms with Crippen molar-refractivity contribution in [1.82, 2.24) is 9.88 Å². The number of aromatic nitrogens is 1. The van der Waals surface area contributed by atoms with E-state index in [0.29, 0.717) is 25.2 Å². The van der Waals surface area contributed by atoms with Gasteiger partial charge in [-0.05, 0) is 24.1 Å². The third-order valence-corrected chi connectivity index (χ3v) is 4.63. The predicted molar refractivity (Wildman–Crippen MR) is 93.4 cm³/mol. The van der Waals surface area contributed by atoms with Gasteiger partial charge in [-0.15, -0.1) is 0 Å². The molecular weight excluding hydrogens is 359 g/mol. The second-order valence-electron chi connectivity index (χ2n) is 6.51. The highest BCUT2D eigenvalue weighted by molar-refractivity contribution is 5.94. The molecule has 1 saturated heterocycles. The largest absolute Gasteiger partial charge is 0.468 e. The molecule has 1 aromatic heterocycles. The van der Waals surface area contributed by atoms with Crippen molar-refractivity contribution in [2.45, 2.75) is 12.1 Å². The lowest BCUT2D eigenvalue weighted by molar-refractivity contribution is -0.154. The molecule has 1 amide bonds. The van der Waals surface area contributed by atoms with Crippen LogP contribution in [0.1, 0.15) is 21.8 Å². The highest BCUT2D eigenvalue weighted by atomic mass is 19.4. The highest BCUT2D eigenvalue weighted by Crippen LogP contribution is 2.32. The summed E-state index contributed by atoms with van der Waals surface area (Å²) in [7, 11) is 0. The first-order valence-corrected chi connectivity index (χ1v) is 8.57. The van der Waals surface area contributed by atoms with Crippen molar-refractivity contribution in [2.75, 3.05) is 26.2 Å². The van der Waals surface area contributed by atoms with Crippen LogP contribution in [0.4, 0.5) is 13.2 Å². The van der Waals surface area contributed by atoms with Crippen LogP contribution in [0.15, 0.2) is 48.7 Å². The van der Waals surface area contributed by atoms with E-state index in [4.69, 9.17) is 5.73 Å². The molecule has 1 aliphatic rings. The van der Waals surface area contributed by atoms with Gasteiger partial charge < -0.3 is 15.4 Å². The number of alkyl halides is 3. The minimum Gasteiger partial charge on any atom is -0.468 e. The lowest BCUT2D eigenvalue weighted by Gasteiger charge is -2.17. The Morgan fingerprint density at radius 2 is 1.93 bits per heavy atom. The number of hydrogen-bond acceptors (Lipinski definition) is 4. The number of nitrogens with two attached hydrogens (primary N) is 1. The Labute approximate surface area is 154 Å². The smallest absolute Gasteiger partial charge is 0.422 e. The minimum atomic E-state index is -4.44. The molecule has 5 nitrogen and oxygen atoms in total. The fourth-order valence-corrected chi connectivity index (χ4v) is 3.28. The van der Waals surface area contributed by atoms with Crippen LogP contribution >= 0.6 is 0 Å². The van der Waals surface area contributed by atoms with Crippen molar-refractivity contribution in [3.63, 3.8) is 0 Å². The molecule has 1 fully saturated rings. The number of hydrogen-bond donors (Lipinski definition) is 1. The number of pyridine rings is 1. The normalized spacial score (nSPS) is 19.9. The zero-order valence-corrected chi connectivity index (χ0v) is 14.5. The number of benzene rings is 1. The summed E-state index contributed by atoms with van der Waals surface area (Å²) < 4.78 is 41.1. The Morgan fingerprint density at radius 1 is 1.19 bits per heavy atom. The van der Waals surface area contributed by atoms with E-state index in [1.54, 1.807) is 4.90 Å². The average molecular weight is 379 g/mol. The number of carbonyl (C=O) groups is 1. The van der Waals surface area contributed by atoms with Crippen molar-refractivity contribution >= 4 is 5.91 Å². The number of ether oxygens (including phenoxy) is 1. The van der Waals surface area contributed by atoms with Gasteiger partial charge >= 0.3 is 6.18 Å². The monoisotopic (exact) mass is 379 g/mol. The zero-order chi connectivity index (χ0) is 19.4. The van der Waals surface area contributed by atoms with Crippen LogP contribution in [0.2, 0.25) is 0 Å². The molecule has 0 aliphatic carbocycles. The molecule has 144 valence electrons. The summed E-state index contributed by atoms with van der Waals surface area (Å²) in [4.78, 5) is 18.2. The van der Waals surface area contributed by atoms with Crippen LogP contribution < -0.4 is 10.5 Å². The minimum absolute atomic E-state index is 0.152. The molecule has 2 aromatic rings. The number of nitrogens with zero attached hydrogens (tertiary/aromatic N) is 2. The van der Waals surface area contributed by atoms with E-state index in [-0.39, 0.29) is 23.6 Å². The Morgan fingerprint density at radius 3 is 2.52 bits per heavy atom. The summed E-state index contributed by atoms with van der Waals surface area (Å²) in [5.41, 5.74) is 7.33. The van der Waals surface area contributed by atoms with Crippen LogP contribution in [0.25, 0.3) is 0 Å². The molecule has 2 N–H and O–H groups in total. The van der Waals surface area contributed by atoms with Gasteiger partial charge in [0.25, 0.3) is 5.91 Å². The Bertz CT molecular complexity index is 766. The molecule has 0 radical (unpaired) electrons. The molecule has 1 aromatic carbocycles. The van der Waals surface area contributed by atoms with E-state index < -0.39 is 12.8 Å². The maximum absolute atomic E-state index is 12.7. The summed E-state index contributed by atoms with van der Waals surface area (Å²) >= 11 is 0. The van der Waals surface area contributed by atoms with Gasteiger partial charge in [0.05, 0.1) is 5.56 Å². The number of amides is 1. The van der Waals surface area contributed by atoms with E-state index in [2.05, 4.69) is 9.72 Å². The maximum atomic E-state index is 12.7. The molecule has 27 heavy (non-hydrogen) atoms.